The molecule has 0 bridgehead atoms. The molecule has 4 saturated heterocycles. The van der Waals surface area contributed by atoms with E-state index >= 15 is 0 Å². The monoisotopic (exact) mass is 1990 g/mol. The third-order valence-electron chi connectivity index (χ3n) is 27.6. The van der Waals surface area contributed by atoms with Crippen LogP contribution in [0.1, 0.15) is 240 Å². The number of aliphatic hydroxyl groups excluding tert-OH is 7. The molecule has 0 aromatic carbocycles. The number of rotatable bonds is 44. The Morgan fingerprint density at radius 1 is 0.411 bits per heavy atom. The summed E-state index contributed by atoms with van der Waals surface area (Å²) in [5.74, 6) is 1.26. The van der Waals surface area contributed by atoms with E-state index in [9.17, 15) is 51.1 Å². The molecule has 806 valence electrons. The summed E-state index contributed by atoms with van der Waals surface area (Å²) in [4.78, 5) is 13.8. The minimum atomic E-state index is -1.33. The Bertz CT molecular complexity index is 4180. The maximum absolute atomic E-state index is 11.7. The molecule has 7 fully saturated rings. The van der Waals surface area contributed by atoms with E-state index in [1.165, 1.54) is 44.6 Å². The maximum atomic E-state index is 11.7. The zero-order valence-corrected chi connectivity index (χ0v) is 88.0. The fraction of sp³-hybridized carbons (Fsp3) is 0.762. The molecule has 6 heterocycles. The minimum Gasteiger partial charge on any atom is -0.466 e. The first kappa shape index (κ1) is 122. The van der Waals surface area contributed by atoms with E-state index in [2.05, 4.69) is 151 Å². The van der Waals surface area contributed by atoms with Gasteiger partial charge in [0.15, 0.2) is 25.2 Å². The molecule has 0 radical (unpaired) electrons. The van der Waals surface area contributed by atoms with E-state index < -0.39 is 206 Å². The number of aliphatic imine (C=N–C) groups is 3. The van der Waals surface area contributed by atoms with Crippen LogP contribution >= 0.6 is 0 Å². The molecule has 0 amide bonds. The number of nitrogens with zero attached hydrogens (tertiary/aromatic N) is 3. The summed E-state index contributed by atoms with van der Waals surface area (Å²) < 4.78 is 72.4. The van der Waals surface area contributed by atoms with Crippen LogP contribution in [0, 0.1) is 0 Å². The second-order valence-electron chi connectivity index (χ2n) is 41.7. The molecule has 28 N–H and O–H groups in total. The molecule has 35 unspecified atom stereocenters. The zero-order chi connectivity index (χ0) is 104. The molecule has 6 aliphatic heterocycles. The molecule has 9 aliphatic rings. The lowest BCUT2D eigenvalue weighted by Gasteiger charge is -2.49. The Kier molecular flexibility index (Phi) is 52.3. The van der Waals surface area contributed by atoms with Crippen molar-refractivity contribution in [3.63, 3.8) is 0 Å². The summed E-state index contributed by atoms with van der Waals surface area (Å²) in [5.41, 5.74) is 52.8. The molecule has 0 aromatic rings. The Morgan fingerprint density at radius 2 is 0.738 bits per heavy atom. The maximum Gasteiger partial charge on any atom is 0.215 e. The van der Waals surface area contributed by atoms with Crippen LogP contribution in [0.25, 0.3) is 0 Å². The number of nitrogens with one attached hydrogen (secondary N) is 4. The first-order valence-electron chi connectivity index (χ1n) is 51.1. The van der Waals surface area contributed by atoms with Crippen LogP contribution in [0.4, 0.5) is 0 Å². The highest BCUT2D eigenvalue weighted by molar-refractivity contribution is 5.73. The lowest BCUT2D eigenvalue weighted by molar-refractivity contribution is -0.308. The number of hydrogen-bond donors (Lipinski definition) is 21. The van der Waals surface area contributed by atoms with Crippen molar-refractivity contribution in [1.29, 1.82) is 0 Å². The van der Waals surface area contributed by atoms with Gasteiger partial charge in [-0.1, -0.05) is 93.5 Å². The second-order valence-corrected chi connectivity index (χ2v) is 41.7. The van der Waals surface area contributed by atoms with Gasteiger partial charge in [-0.3, -0.25) is 15.0 Å². The second kappa shape index (κ2) is 60.2. The summed E-state index contributed by atoms with van der Waals surface area (Å²) in [5, 5.41) is 122. The third kappa shape index (κ3) is 38.9. The quantitative estimate of drug-likeness (QED) is 0.0246. The largest absolute Gasteiger partial charge is 0.466 e. The summed E-state index contributed by atoms with van der Waals surface area (Å²) in [6.45, 7) is 34.9. The highest BCUT2D eigenvalue weighted by atomic mass is 16.7. The van der Waals surface area contributed by atoms with Gasteiger partial charge < -0.3 is 169 Å². The van der Waals surface area contributed by atoms with Gasteiger partial charge in [-0.15, -0.1) is 0 Å². The highest BCUT2D eigenvalue weighted by Gasteiger charge is 2.56. The average molecular weight is 1990 g/mol. The van der Waals surface area contributed by atoms with Crippen molar-refractivity contribution in [2.24, 2.45) is 55.1 Å². The molecular formula is C105H184N14O22. The zero-order valence-electron chi connectivity index (χ0n) is 88.0. The summed E-state index contributed by atoms with van der Waals surface area (Å²) in [6, 6.07) is -6.92. The van der Waals surface area contributed by atoms with E-state index in [4.69, 9.17) is 102 Å². The molecule has 0 aromatic heterocycles. The Balaban J connectivity index is 0.000000287. The Labute approximate surface area is 840 Å². The third-order valence-corrected chi connectivity index (χ3v) is 27.6. The van der Waals surface area contributed by atoms with Gasteiger partial charge in [0.05, 0.1) is 87.4 Å². The molecule has 36 nitrogen and oxygen atoms in total. The Morgan fingerprint density at radius 3 is 1.11 bits per heavy atom. The van der Waals surface area contributed by atoms with Crippen LogP contribution in [0.5, 0.6) is 0 Å². The average Bonchev–Trinajstić information content (AvgIpc) is 0.784. The molecule has 35 atom stereocenters. The summed E-state index contributed by atoms with van der Waals surface area (Å²) in [6.07, 6.45) is 24.4. The predicted molar refractivity (Wildman–Crippen MR) is 552 cm³/mol. The van der Waals surface area contributed by atoms with Crippen molar-refractivity contribution >= 4 is 18.6 Å². The van der Waals surface area contributed by atoms with Crippen LogP contribution in [0.15, 0.2) is 143 Å². The normalized spacial score (nSPS) is 37.9. The van der Waals surface area contributed by atoms with Gasteiger partial charge in [-0.25, -0.2) is 0 Å². The number of ether oxygens (including phenoxy) is 12. The SMILES string of the molecule is CCNC1CC(N)C(OC2OC(CN=C/C=C(\C)CC/C=C(\C)CCC=C(C)C)=CCC2N)C(O)C1OC1OCC(C)(O)C(NC)C1O.CNC1C(O)C(OC2C(N)CC(N)C(OC3OC(CN=C/C=C(\C)CC/C=C(\C)CCC=C(C)C)=CCC3N)C2O)OCC1(C)O.CNC1C(O)C(OC2C(N=C/C=C(\C)CC/C=C(\C)CCC=C(C)C)CC(N)C(OC3OC(C(C)O)CCC3N)C2O)OCC1(C)O. The van der Waals surface area contributed by atoms with Gasteiger partial charge in [0, 0.05) is 48.9 Å². The number of hydrogen-bond acceptors (Lipinski definition) is 36. The van der Waals surface area contributed by atoms with E-state index in [-0.39, 0.29) is 32.3 Å². The lowest BCUT2D eigenvalue weighted by Crippen LogP contribution is -2.69. The molecule has 3 saturated carbocycles. The van der Waals surface area contributed by atoms with Gasteiger partial charge in [0.2, 0.25) is 12.6 Å². The highest BCUT2D eigenvalue weighted by Crippen LogP contribution is 2.38. The number of nitrogens with two attached hydrogens (primary N) is 7. The van der Waals surface area contributed by atoms with E-state index in [0.29, 0.717) is 69.7 Å². The van der Waals surface area contributed by atoms with Crippen molar-refractivity contribution in [3.8, 4) is 0 Å². The van der Waals surface area contributed by atoms with E-state index in [1.807, 2.05) is 37.3 Å². The van der Waals surface area contributed by atoms with Crippen LogP contribution in [-0.2, 0) is 56.8 Å². The van der Waals surface area contributed by atoms with Gasteiger partial charge in [-0.05, 0) is 291 Å². The number of likely N-dealkylation sites (N-methyl/N-ethyl adjacent to an activating group) is 4. The molecule has 9 rings (SSSR count). The fourth-order valence-corrected chi connectivity index (χ4v) is 19.0. The van der Waals surface area contributed by atoms with Crippen molar-refractivity contribution in [2.75, 3.05) is 60.6 Å². The first-order chi connectivity index (χ1) is 66.6. The van der Waals surface area contributed by atoms with Crippen molar-refractivity contribution in [2.45, 2.75) is 452 Å². The van der Waals surface area contributed by atoms with Crippen LogP contribution in [0.3, 0.4) is 0 Å². The number of aliphatic hydroxyl groups is 10. The Hall–Kier alpha value is -5.49. The standard InChI is InChI=1S/C36H63N5O7.C35H62N4O8.C34H59N5O7/c1-8-41-28-19-27(38)31(29(42)32(28)48-35-30(43)33(39-7)36(6,44)21-45-35)47-34-26(37)16-15-25(46-34)20-40-18-17-24(5)14-10-13-23(4)12-9-11-22(2)3;1-20(2)10-8-11-21(3)12-9-13-22(4)16-17-39-26-18-25(37)30(46-33-24(36)14-15-27(45-33)23(5)40)28(41)31(26)47-34-29(42)32(38-7)35(6,43)19-44-34;1-20(2)9-7-10-21(3)11-8-12-22(4)15-16-39-18-23-13-14-24(35)32(44-23)45-29-25(36)17-26(37)30(27(29)40)46-33-28(41)31(38-6)34(5,42)19-43-33/h11,13,15,17-18,26-35,39,41-44H,8-10,12,14,16,19-21,37-38H2,1-7H3;10,12,16-17,23-34,38,40-43H,8-9,11,13-15,18-19,36-37H2,1-7H3;9,11,13,15-16,24-33,38,40-42H,7-8,10,12,14,17-19,35-37H2,1-6H3/b23-13+,24-17+,40-18?;21-12+,22-16+,39-17?;21-11+,22-15+,39-16?. The van der Waals surface area contributed by atoms with Crippen molar-refractivity contribution in [1.82, 2.24) is 21.3 Å². The first-order valence-corrected chi connectivity index (χ1v) is 51.1. The van der Waals surface area contributed by atoms with Gasteiger partial charge in [0.25, 0.3) is 0 Å². The number of allylic oxidation sites excluding steroid dienone is 18. The molecule has 3 aliphatic carbocycles. The predicted octanol–water partition coefficient (Wildman–Crippen LogP) is 5.99. The molecule has 141 heavy (non-hydrogen) atoms. The molecule has 0 spiro atoms. The molecule has 36 heteroatoms. The van der Waals surface area contributed by atoms with Crippen LogP contribution in [0.2, 0.25) is 0 Å². The van der Waals surface area contributed by atoms with Crippen molar-refractivity contribution in [3.05, 3.63) is 129 Å². The van der Waals surface area contributed by atoms with Crippen LogP contribution in [-0.4, -0.2) is 343 Å². The topological polar surface area (TPSA) is 580 Å². The molecular weight excluding hydrogens is 1810 g/mol. The fourth-order valence-electron chi connectivity index (χ4n) is 19.0. The smallest absolute Gasteiger partial charge is 0.215 e. The summed E-state index contributed by atoms with van der Waals surface area (Å²) >= 11 is 0. The minimum absolute atomic E-state index is 0.0553. The lowest BCUT2D eigenvalue weighted by atomic mass is 9.83. The van der Waals surface area contributed by atoms with E-state index in [0.717, 1.165) is 82.6 Å². The van der Waals surface area contributed by atoms with Crippen LogP contribution < -0.4 is 61.4 Å². The van der Waals surface area contributed by atoms with Gasteiger partial charge in [-0.2, -0.15) is 0 Å². The van der Waals surface area contributed by atoms with E-state index in [1.54, 1.807) is 67.5 Å². The van der Waals surface area contributed by atoms with Gasteiger partial charge >= 0.3 is 0 Å². The summed E-state index contributed by atoms with van der Waals surface area (Å²) in [7, 11) is 4.92. The van der Waals surface area contributed by atoms with Crippen molar-refractivity contribution < 1.29 is 108 Å². The van der Waals surface area contributed by atoms with Gasteiger partial charge in [0.1, 0.15) is 102 Å².